The molecule has 0 saturated heterocycles. The molecule has 0 aliphatic heterocycles. The van der Waals surface area contributed by atoms with Gasteiger partial charge in [-0.15, -0.1) is 0 Å². The molecular formula is C16H11Cl2NO2. The van der Waals surface area contributed by atoms with E-state index in [1.165, 1.54) is 0 Å². The molecule has 0 fully saturated rings. The maximum absolute atomic E-state index is 6.22. The van der Waals surface area contributed by atoms with Crippen molar-refractivity contribution in [3.05, 3.63) is 58.9 Å². The minimum Gasteiger partial charge on any atom is -0.497 e. The SMILES string of the molecule is COc1ccc(-c2nc(Cl)oc2-c2ccccc2Cl)cc1. The van der Waals surface area contributed by atoms with E-state index in [-0.39, 0.29) is 5.35 Å². The Balaban J connectivity index is 2.13. The van der Waals surface area contributed by atoms with Crippen molar-refractivity contribution in [3.63, 3.8) is 0 Å². The number of halogens is 2. The monoisotopic (exact) mass is 319 g/mol. The molecule has 0 aliphatic carbocycles. The van der Waals surface area contributed by atoms with Crippen LogP contribution in [0.4, 0.5) is 0 Å². The average molecular weight is 320 g/mol. The Bertz CT molecular complexity index is 766. The molecule has 1 heterocycles. The minimum absolute atomic E-state index is 0.0794. The highest BCUT2D eigenvalue weighted by molar-refractivity contribution is 6.33. The zero-order valence-corrected chi connectivity index (χ0v) is 12.7. The predicted octanol–water partition coefficient (Wildman–Crippen LogP) is 5.32. The highest BCUT2D eigenvalue weighted by Crippen LogP contribution is 2.37. The van der Waals surface area contributed by atoms with Gasteiger partial charge in [0.15, 0.2) is 5.76 Å². The highest BCUT2D eigenvalue weighted by atomic mass is 35.5. The number of oxazole rings is 1. The van der Waals surface area contributed by atoms with Crippen LogP contribution in [-0.4, -0.2) is 12.1 Å². The van der Waals surface area contributed by atoms with Crippen LogP contribution < -0.4 is 4.74 Å². The molecule has 0 N–H and O–H groups in total. The molecule has 0 radical (unpaired) electrons. The highest BCUT2D eigenvalue weighted by Gasteiger charge is 2.18. The number of ether oxygens (including phenoxy) is 1. The summed E-state index contributed by atoms with van der Waals surface area (Å²) in [6.07, 6.45) is 0. The molecule has 106 valence electrons. The molecule has 0 spiro atoms. The summed E-state index contributed by atoms with van der Waals surface area (Å²) in [4.78, 5) is 4.25. The second-order valence-electron chi connectivity index (χ2n) is 4.35. The second-order valence-corrected chi connectivity index (χ2v) is 5.08. The summed E-state index contributed by atoms with van der Waals surface area (Å²) in [6, 6.07) is 14.9. The number of hydrogen-bond donors (Lipinski definition) is 0. The van der Waals surface area contributed by atoms with Crippen molar-refractivity contribution in [1.29, 1.82) is 0 Å². The van der Waals surface area contributed by atoms with E-state index in [1.807, 2.05) is 42.5 Å². The molecule has 0 bridgehead atoms. The lowest BCUT2D eigenvalue weighted by Crippen LogP contribution is -1.85. The molecule has 0 atom stereocenters. The molecule has 1 aromatic heterocycles. The summed E-state index contributed by atoms with van der Waals surface area (Å²) < 4.78 is 10.7. The molecule has 3 nitrogen and oxygen atoms in total. The molecular weight excluding hydrogens is 309 g/mol. The number of benzene rings is 2. The van der Waals surface area contributed by atoms with Crippen LogP contribution in [0.15, 0.2) is 52.9 Å². The Morgan fingerprint density at radius 1 is 1.00 bits per heavy atom. The molecule has 0 amide bonds. The molecule has 2 aromatic carbocycles. The first-order chi connectivity index (χ1) is 10.2. The number of hydrogen-bond acceptors (Lipinski definition) is 3. The van der Waals surface area contributed by atoms with Gasteiger partial charge in [0.2, 0.25) is 0 Å². The summed E-state index contributed by atoms with van der Waals surface area (Å²) in [7, 11) is 1.62. The Labute approximate surface area is 132 Å². The van der Waals surface area contributed by atoms with Crippen LogP contribution in [0.3, 0.4) is 0 Å². The Hall–Kier alpha value is -1.97. The third-order valence-electron chi connectivity index (χ3n) is 3.08. The fraction of sp³-hybridized carbons (Fsp3) is 0.0625. The molecule has 3 rings (SSSR count). The van der Waals surface area contributed by atoms with Gasteiger partial charge >= 0.3 is 0 Å². The second kappa shape index (κ2) is 5.80. The van der Waals surface area contributed by atoms with Crippen molar-refractivity contribution in [1.82, 2.24) is 4.98 Å². The summed E-state index contributed by atoms with van der Waals surface area (Å²) >= 11 is 12.2. The van der Waals surface area contributed by atoms with Crippen molar-refractivity contribution in [3.8, 4) is 28.3 Å². The lowest BCUT2D eigenvalue weighted by molar-refractivity contribution is 0.415. The van der Waals surface area contributed by atoms with E-state index >= 15 is 0 Å². The van der Waals surface area contributed by atoms with Gasteiger partial charge in [0, 0.05) is 11.1 Å². The van der Waals surface area contributed by atoms with Gasteiger partial charge in [-0.2, -0.15) is 4.98 Å². The van der Waals surface area contributed by atoms with Crippen LogP contribution in [0.1, 0.15) is 0 Å². The van der Waals surface area contributed by atoms with Crippen LogP contribution in [0.5, 0.6) is 5.75 Å². The number of rotatable bonds is 3. The van der Waals surface area contributed by atoms with Gasteiger partial charge in [-0.05, 0) is 48.0 Å². The Morgan fingerprint density at radius 3 is 2.38 bits per heavy atom. The van der Waals surface area contributed by atoms with Crippen molar-refractivity contribution >= 4 is 23.2 Å². The fourth-order valence-corrected chi connectivity index (χ4v) is 2.45. The number of nitrogens with zero attached hydrogens (tertiary/aromatic N) is 1. The molecule has 0 saturated carbocycles. The lowest BCUT2D eigenvalue weighted by Gasteiger charge is -2.04. The first-order valence-corrected chi connectivity index (χ1v) is 7.00. The topological polar surface area (TPSA) is 35.3 Å². The Morgan fingerprint density at radius 2 is 1.71 bits per heavy atom. The van der Waals surface area contributed by atoms with Gasteiger partial charge in [0.1, 0.15) is 11.4 Å². The van der Waals surface area contributed by atoms with Gasteiger partial charge in [-0.3, -0.25) is 0 Å². The first kappa shape index (κ1) is 14.0. The van der Waals surface area contributed by atoms with Gasteiger partial charge in [0.05, 0.1) is 12.1 Å². The third-order valence-corrected chi connectivity index (χ3v) is 3.57. The zero-order valence-electron chi connectivity index (χ0n) is 11.1. The van der Waals surface area contributed by atoms with Gasteiger partial charge in [0.25, 0.3) is 5.35 Å². The van der Waals surface area contributed by atoms with E-state index in [0.717, 1.165) is 16.9 Å². The van der Waals surface area contributed by atoms with Crippen LogP contribution >= 0.6 is 23.2 Å². The van der Waals surface area contributed by atoms with Crippen LogP contribution in [0.2, 0.25) is 10.4 Å². The van der Waals surface area contributed by atoms with E-state index in [4.69, 9.17) is 32.4 Å². The molecule has 0 aliphatic rings. The van der Waals surface area contributed by atoms with Gasteiger partial charge < -0.3 is 9.15 Å². The standard InChI is InChI=1S/C16H11Cl2NO2/c1-20-11-8-6-10(7-9-11)14-15(21-16(18)19-14)12-4-2-3-5-13(12)17/h2-9H,1H3. The van der Waals surface area contributed by atoms with E-state index in [1.54, 1.807) is 13.2 Å². The van der Waals surface area contributed by atoms with Gasteiger partial charge in [-0.1, -0.05) is 23.7 Å². The fourth-order valence-electron chi connectivity index (χ4n) is 2.07. The molecule has 0 unspecified atom stereocenters. The number of aromatic nitrogens is 1. The maximum atomic E-state index is 6.22. The largest absolute Gasteiger partial charge is 0.497 e. The van der Waals surface area contributed by atoms with Crippen molar-refractivity contribution in [2.75, 3.05) is 7.11 Å². The van der Waals surface area contributed by atoms with E-state index < -0.39 is 0 Å². The van der Waals surface area contributed by atoms with Crippen LogP contribution in [-0.2, 0) is 0 Å². The summed E-state index contributed by atoms with van der Waals surface area (Å²) in [5.41, 5.74) is 2.28. The third kappa shape index (κ3) is 2.75. The lowest BCUT2D eigenvalue weighted by atomic mass is 10.1. The smallest absolute Gasteiger partial charge is 0.293 e. The predicted molar refractivity (Wildman–Crippen MR) is 83.9 cm³/mol. The summed E-state index contributed by atoms with van der Waals surface area (Å²) in [5, 5.41) is 0.663. The van der Waals surface area contributed by atoms with E-state index in [2.05, 4.69) is 4.98 Å². The zero-order chi connectivity index (χ0) is 14.8. The maximum Gasteiger partial charge on any atom is 0.293 e. The van der Waals surface area contributed by atoms with E-state index in [9.17, 15) is 0 Å². The van der Waals surface area contributed by atoms with E-state index in [0.29, 0.717) is 16.5 Å². The average Bonchev–Trinajstić information content (AvgIpc) is 2.89. The minimum atomic E-state index is 0.0794. The van der Waals surface area contributed by atoms with Gasteiger partial charge in [-0.25, -0.2) is 0 Å². The summed E-state index contributed by atoms with van der Waals surface area (Å²) in [5.74, 6) is 1.32. The Kier molecular flexibility index (Phi) is 3.86. The molecule has 21 heavy (non-hydrogen) atoms. The normalized spacial score (nSPS) is 10.6. The first-order valence-electron chi connectivity index (χ1n) is 6.24. The summed E-state index contributed by atoms with van der Waals surface area (Å²) in [6.45, 7) is 0. The molecule has 3 aromatic rings. The van der Waals surface area contributed by atoms with Crippen molar-refractivity contribution < 1.29 is 9.15 Å². The van der Waals surface area contributed by atoms with Crippen molar-refractivity contribution in [2.24, 2.45) is 0 Å². The quantitative estimate of drug-likeness (QED) is 0.655. The van der Waals surface area contributed by atoms with Crippen LogP contribution in [0.25, 0.3) is 22.6 Å². The number of methoxy groups -OCH3 is 1. The van der Waals surface area contributed by atoms with Crippen molar-refractivity contribution in [2.45, 2.75) is 0 Å². The van der Waals surface area contributed by atoms with Crippen LogP contribution in [0, 0.1) is 0 Å². The molecule has 5 heteroatoms.